The van der Waals surface area contributed by atoms with Crippen LogP contribution in [0.5, 0.6) is 5.75 Å². The van der Waals surface area contributed by atoms with Gasteiger partial charge < -0.3 is 9.47 Å². The van der Waals surface area contributed by atoms with E-state index in [2.05, 4.69) is 23.0 Å². The molecule has 0 bridgehead atoms. The minimum absolute atomic E-state index is 0.226. The highest BCUT2D eigenvalue weighted by Crippen LogP contribution is 2.38. The molecule has 26 heavy (non-hydrogen) atoms. The van der Waals surface area contributed by atoms with Crippen LogP contribution in [-0.4, -0.2) is 29.2 Å². The number of ether oxygens (including phenoxy) is 2. The fourth-order valence-electron chi connectivity index (χ4n) is 2.68. The molecule has 0 saturated carbocycles. The lowest BCUT2D eigenvalue weighted by atomic mass is 10.1. The molecule has 2 heterocycles. The molecule has 7 heteroatoms. The van der Waals surface area contributed by atoms with Crippen molar-refractivity contribution < 1.29 is 9.47 Å². The number of nitrogens with zero attached hydrogens (tertiary/aromatic N) is 3. The molecule has 3 aromatic rings. The van der Waals surface area contributed by atoms with Crippen LogP contribution in [0.4, 0.5) is 0 Å². The van der Waals surface area contributed by atoms with Gasteiger partial charge in [0.2, 0.25) is 5.28 Å². The summed E-state index contributed by atoms with van der Waals surface area (Å²) in [6.45, 7) is 2.65. The van der Waals surface area contributed by atoms with Gasteiger partial charge in [-0.05, 0) is 54.3 Å². The molecule has 0 fully saturated rings. The quantitative estimate of drug-likeness (QED) is 0.530. The van der Waals surface area contributed by atoms with E-state index >= 15 is 0 Å². The van der Waals surface area contributed by atoms with Crippen molar-refractivity contribution in [3.8, 4) is 27.6 Å². The zero-order chi connectivity index (χ0) is 18.5. The second kappa shape index (κ2) is 8.58. The predicted molar refractivity (Wildman–Crippen MR) is 105 cm³/mol. The summed E-state index contributed by atoms with van der Waals surface area (Å²) in [5.74, 6) is 0.770. The van der Waals surface area contributed by atoms with Gasteiger partial charge in [0.15, 0.2) is 0 Å². The number of thiazole rings is 1. The van der Waals surface area contributed by atoms with Crippen LogP contribution < -0.4 is 4.74 Å². The SMILES string of the molecule is CCCc1nc(-c2cc(COC)cc(OC)c2)c(-c2ccnc(Cl)n2)s1. The van der Waals surface area contributed by atoms with Gasteiger partial charge in [0.05, 0.1) is 35.0 Å². The van der Waals surface area contributed by atoms with Gasteiger partial charge in [-0.1, -0.05) is 6.92 Å². The molecule has 0 unspecified atom stereocenters. The molecule has 0 atom stereocenters. The fraction of sp³-hybridized carbons (Fsp3) is 0.316. The van der Waals surface area contributed by atoms with Gasteiger partial charge in [0.1, 0.15) is 5.75 Å². The minimum atomic E-state index is 0.226. The average molecular weight is 390 g/mol. The Bertz CT molecular complexity index is 898. The third kappa shape index (κ3) is 4.20. The first-order chi connectivity index (χ1) is 12.6. The van der Waals surface area contributed by atoms with E-state index in [0.717, 1.165) is 51.0 Å². The predicted octanol–water partition coefficient (Wildman–Crippen LogP) is 5.03. The monoisotopic (exact) mass is 389 g/mol. The van der Waals surface area contributed by atoms with Crippen molar-refractivity contribution in [2.45, 2.75) is 26.4 Å². The molecular weight excluding hydrogens is 370 g/mol. The smallest absolute Gasteiger partial charge is 0.222 e. The summed E-state index contributed by atoms with van der Waals surface area (Å²) >= 11 is 7.64. The molecule has 0 aliphatic heterocycles. The van der Waals surface area contributed by atoms with Crippen LogP contribution in [0.3, 0.4) is 0 Å². The van der Waals surface area contributed by atoms with Gasteiger partial charge in [0, 0.05) is 18.9 Å². The van der Waals surface area contributed by atoms with E-state index in [-0.39, 0.29) is 5.28 Å². The molecule has 0 saturated heterocycles. The van der Waals surface area contributed by atoms with Crippen molar-refractivity contribution >= 4 is 22.9 Å². The van der Waals surface area contributed by atoms with Gasteiger partial charge in [-0.25, -0.2) is 15.0 Å². The van der Waals surface area contributed by atoms with Gasteiger partial charge in [-0.2, -0.15) is 0 Å². The Morgan fingerprint density at radius 1 is 1.15 bits per heavy atom. The van der Waals surface area contributed by atoms with Gasteiger partial charge >= 0.3 is 0 Å². The van der Waals surface area contributed by atoms with Crippen LogP contribution >= 0.6 is 22.9 Å². The lowest BCUT2D eigenvalue weighted by molar-refractivity contribution is 0.184. The highest BCUT2D eigenvalue weighted by molar-refractivity contribution is 7.15. The number of aryl methyl sites for hydroxylation is 1. The highest BCUT2D eigenvalue weighted by Gasteiger charge is 2.17. The molecule has 5 nitrogen and oxygen atoms in total. The van der Waals surface area contributed by atoms with E-state index in [0.29, 0.717) is 6.61 Å². The van der Waals surface area contributed by atoms with E-state index in [1.807, 2.05) is 18.2 Å². The number of hydrogen-bond donors (Lipinski definition) is 0. The molecule has 0 radical (unpaired) electrons. The molecule has 0 spiro atoms. The number of rotatable bonds is 7. The first kappa shape index (κ1) is 18.8. The van der Waals surface area contributed by atoms with E-state index in [1.54, 1.807) is 31.8 Å². The molecule has 0 amide bonds. The fourth-order valence-corrected chi connectivity index (χ4v) is 3.99. The zero-order valence-electron chi connectivity index (χ0n) is 15.0. The highest BCUT2D eigenvalue weighted by atomic mass is 35.5. The van der Waals surface area contributed by atoms with Crippen LogP contribution in [0.15, 0.2) is 30.5 Å². The normalized spacial score (nSPS) is 10.9. The van der Waals surface area contributed by atoms with Crippen LogP contribution in [0.1, 0.15) is 23.9 Å². The van der Waals surface area contributed by atoms with Crippen molar-refractivity contribution in [1.29, 1.82) is 0 Å². The number of methoxy groups -OCH3 is 2. The maximum absolute atomic E-state index is 6.00. The summed E-state index contributed by atoms with van der Waals surface area (Å²) in [4.78, 5) is 14.2. The lowest BCUT2D eigenvalue weighted by Crippen LogP contribution is -1.93. The molecular formula is C19H20ClN3O2S. The summed E-state index contributed by atoms with van der Waals surface area (Å²) in [6.07, 6.45) is 3.62. The molecule has 0 aliphatic rings. The van der Waals surface area contributed by atoms with E-state index in [9.17, 15) is 0 Å². The summed E-state index contributed by atoms with van der Waals surface area (Å²) in [5, 5.41) is 1.30. The summed E-state index contributed by atoms with van der Waals surface area (Å²) in [7, 11) is 3.33. The third-order valence-electron chi connectivity index (χ3n) is 3.78. The number of halogens is 1. The summed E-state index contributed by atoms with van der Waals surface area (Å²) < 4.78 is 10.7. The van der Waals surface area contributed by atoms with Crippen LogP contribution in [0, 0.1) is 0 Å². The summed E-state index contributed by atoms with van der Waals surface area (Å²) in [6, 6.07) is 7.88. The molecule has 0 aliphatic carbocycles. The molecule has 3 rings (SSSR count). The third-order valence-corrected chi connectivity index (χ3v) is 5.10. The van der Waals surface area contributed by atoms with Crippen molar-refractivity contribution in [2.75, 3.05) is 14.2 Å². The number of benzene rings is 1. The Balaban J connectivity index is 2.16. The largest absolute Gasteiger partial charge is 0.497 e. The van der Waals surface area contributed by atoms with Gasteiger partial charge in [0.25, 0.3) is 0 Å². The average Bonchev–Trinajstić information content (AvgIpc) is 3.06. The topological polar surface area (TPSA) is 57.1 Å². The standard InChI is InChI=1S/C19H20ClN3O2S/c1-4-5-16-23-17(18(26-16)15-6-7-21-19(20)22-15)13-8-12(11-24-2)9-14(10-13)25-3/h6-10H,4-5,11H2,1-3H3. The summed E-state index contributed by atoms with van der Waals surface area (Å²) in [5.41, 5.74) is 3.65. The molecule has 136 valence electrons. The Labute approximate surface area is 162 Å². The van der Waals surface area contributed by atoms with E-state index in [4.69, 9.17) is 26.1 Å². The van der Waals surface area contributed by atoms with Crippen LogP contribution in [0.25, 0.3) is 21.8 Å². The maximum Gasteiger partial charge on any atom is 0.222 e. The zero-order valence-corrected chi connectivity index (χ0v) is 16.5. The Hall–Kier alpha value is -2.02. The second-order valence-electron chi connectivity index (χ2n) is 5.75. The van der Waals surface area contributed by atoms with E-state index in [1.165, 1.54) is 0 Å². The van der Waals surface area contributed by atoms with Gasteiger partial charge in [-0.3, -0.25) is 0 Å². The van der Waals surface area contributed by atoms with Crippen molar-refractivity contribution in [3.05, 3.63) is 46.3 Å². The van der Waals surface area contributed by atoms with Crippen molar-refractivity contribution in [3.63, 3.8) is 0 Å². The maximum atomic E-state index is 6.00. The molecule has 1 aromatic carbocycles. The first-order valence-electron chi connectivity index (χ1n) is 8.30. The second-order valence-corrected chi connectivity index (χ2v) is 7.17. The Kier molecular flexibility index (Phi) is 6.19. The van der Waals surface area contributed by atoms with E-state index < -0.39 is 0 Å². The number of hydrogen-bond acceptors (Lipinski definition) is 6. The number of aromatic nitrogens is 3. The van der Waals surface area contributed by atoms with Crippen LogP contribution in [-0.2, 0) is 17.8 Å². The first-order valence-corrected chi connectivity index (χ1v) is 9.50. The van der Waals surface area contributed by atoms with Crippen LogP contribution in [0.2, 0.25) is 5.28 Å². The van der Waals surface area contributed by atoms with Crippen molar-refractivity contribution in [2.24, 2.45) is 0 Å². The Morgan fingerprint density at radius 3 is 2.69 bits per heavy atom. The van der Waals surface area contributed by atoms with Crippen molar-refractivity contribution in [1.82, 2.24) is 15.0 Å². The van der Waals surface area contributed by atoms with Gasteiger partial charge in [-0.15, -0.1) is 11.3 Å². The molecule has 0 N–H and O–H groups in total. The lowest BCUT2D eigenvalue weighted by Gasteiger charge is -2.09. The Morgan fingerprint density at radius 2 is 2.00 bits per heavy atom. The molecule has 2 aromatic heterocycles. The minimum Gasteiger partial charge on any atom is -0.497 e.